The Hall–Kier alpha value is -0.143. The molecule has 0 aromatic carbocycles. The van der Waals surface area contributed by atoms with E-state index in [4.69, 9.17) is 23.9 Å². The van der Waals surface area contributed by atoms with Gasteiger partial charge in [0.1, 0.15) is 0 Å². The minimum Gasteiger partial charge on any atom is -0.347 e. The molecule has 0 aliphatic rings. The van der Waals surface area contributed by atoms with Crippen LogP contribution in [-0.4, -0.2) is 67.6 Å². The summed E-state index contributed by atoms with van der Waals surface area (Å²) in [5.41, 5.74) is 5.95. The van der Waals surface area contributed by atoms with E-state index in [1.807, 2.05) is 0 Å². The quantitative estimate of drug-likeness (QED) is 0.0465. The Morgan fingerprint density at radius 2 is 0.973 bits per heavy atom. The summed E-state index contributed by atoms with van der Waals surface area (Å²) in [5.74, 6) is 0. The van der Waals surface area contributed by atoms with Gasteiger partial charge in [0.25, 0.3) is 0 Å². The summed E-state index contributed by atoms with van der Waals surface area (Å²) in [6, 6.07) is 0.319. The fourth-order valence-corrected chi connectivity index (χ4v) is 5.68. The lowest BCUT2D eigenvalue weighted by molar-refractivity contribution is -0.370. The van der Waals surface area contributed by atoms with Gasteiger partial charge < -0.3 is 10.2 Å². The minimum atomic E-state index is -3.68. The molecule has 0 fully saturated rings. The van der Waals surface area contributed by atoms with Gasteiger partial charge in [0.2, 0.25) is 0 Å². The van der Waals surface area contributed by atoms with Gasteiger partial charge in [0.15, 0.2) is 0 Å². The van der Waals surface area contributed by atoms with E-state index in [0.29, 0.717) is 19.2 Å². The molecule has 224 valence electrons. The van der Waals surface area contributed by atoms with E-state index >= 15 is 0 Å². The molecule has 37 heavy (non-hydrogen) atoms. The SMILES string of the molecule is CCCCCCCCCCCCCCCCCCN(CCCO[Si](OOC)(OOC)OOC)C(C)CN. The largest absolute Gasteiger partial charge is 0.764 e. The van der Waals surface area contributed by atoms with Gasteiger partial charge in [-0.05, 0) is 26.3 Å². The fourth-order valence-electron chi connectivity index (χ4n) is 4.45. The lowest BCUT2D eigenvalue weighted by Gasteiger charge is -2.29. The van der Waals surface area contributed by atoms with Crippen molar-refractivity contribution in [1.82, 2.24) is 4.90 Å². The summed E-state index contributed by atoms with van der Waals surface area (Å²) in [4.78, 5) is 16.5. The number of nitrogens with two attached hydrogens (primary N) is 1. The summed E-state index contributed by atoms with van der Waals surface area (Å²) < 4.78 is 20.8. The Bertz CT molecular complexity index is 449. The first-order valence-electron chi connectivity index (χ1n) is 14.8. The maximum absolute atomic E-state index is 5.95. The van der Waals surface area contributed by atoms with Gasteiger partial charge in [-0.15, -0.1) is 0 Å². The molecule has 0 aromatic heterocycles. The monoisotopic (exact) mass is 552 g/mol. The van der Waals surface area contributed by atoms with Crippen molar-refractivity contribution >= 4 is 9.05 Å². The first kappa shape index (κ1) is 36.9. The lowest BCUT2D eigenvalue weighted by atomic mass is 10.0. The van der Waals surface area contributed by atoms with Crippen LogP contribution < -0.4 is 5.73 Å². The zero-order valence-corrected chi connectivity index (χ0v) is 25.8. The molecule has 0 spiro atoms. The Balaban J connectivity index is 3.88. The fraction of sp³-hybridized carbons (Fsp3) is 1.00. The predicted molar refractivity (Wildman–Crippen MR) is 150 cm³/mol. The van der Waals surface area contributed by atoms with Crippen LogP contribution in [0.5, 0.6) is 0 Å². The highest BCUT2D eigenvalue weighted by molar-refractivity contribution is 6.52. The highest BCUT2D eigenvalue weighted by atomic mass is 28.4. The number of rotatable bonds is 30. The number of hydrogen-bond donors (Lipinski definition) is 1. The van der Waals surface area contributed by atoms with Crippen LogP contribution in [0.25, 0.3) is 0 Å². The Morgan fingerprint density at radius 3 is 1.35 bits per heavy atom. The van der Waals surface area contributed by atoms with Crippen molar-refractivity contribution in [2.24, 2.45) is 5.73 Å². The average Bonchev–Trinajstić information content (AvgIpc) is 2.89. The van der Waals surface area contributed by atoms with Crippen molar-refractivity contribution in [3.8, 4) is 0 Å². The zero-order chi connectivity index (χ0) is 27.5. The summed E-state index contributed by atoms with van der Waals surface area (Å²) >= 11 is 0. The van der Waals surface area contributed by atoms with Crippen molar-refractivity contribution in [2.45, 2.75) is 129 Å². The highest BCUT2D eigenvalue weighted by Gasteiger charge is 2.51. The second-order valence-electron chi connectivity index (χ2n) is 9.88. The second kappa shape index (κ2) is 27.4. The van der Waals surface area contributed by atoms with E-state index in [9.17, 15) is 0 Å². The third-order valence-corrected chi connectivity index (χ3v) is 8.36. The summed E-state index contributed by atoms with van der Waals surface area (Å²) in [6.45, 7) is 7.32. The zero-order valence-electron chi connectivity index (χ0n) is 24.8. The third kappa shape index (κ3) is 21.4. The number of unbranched alkanes of at least 4 members (excludes halogenated alkanes) is 15. The van der Waals surface area contributed by atoms with Gasteiger partial charge in [0.05, 0.1) is 21.3 Å². The van der Waals surface area contributed by atoms with Gasteiger partial charge in [-0.3, -0.25) is 4.90 Å². The first-order chi connectivity index (χ1) is 18.1. The second-order valence-corrected chi connectivity index (χ2v) is 11.7. The molecule has 9 nitrogen and oxygen atoms in total. The molecule has 0 aliphatic carbocycles. The van der Waals surface area contributed by atoms with E-state index in [1.54, 1.807) is 0 Å². The maximum atomic E-state index is 5.95. The molecule has 10 heteroatoms. The molecule has 1 atom stereocenters. The standard InChI is InChI=1S/C27H60N2O7Si/c1-6-7-8-9-10-11-12-13-14-15-16-17-18-19-20-21-23-29(27(2)26-28)24-22-25-33-37(34-30-3,35-31-4)36-32-5/h27H,6-26,28H2,1-5H3. The average molecular weight is 553 g/mol. The molecule has 0 saturated carbocycles. The summed E-state index contributed by atoms with van der Waals surface area (Å²) in [5, 5.41) is 0. The van der Waals surface area contributed by atoms with Crippen molar-refractivity contribution < 1.29 is 32.8 Å². The summed E-state index contributed by atoms with van der Waals surface area (Å²) in [7, 11) is 0.339. The summed E-state index contributed by atoms with van der Waals surface area (Å²) in [6.07, 6.45) is 22.8. The van der Waals surface area contributed by atoms with Crippen LogP contribution >= 0.6 is 0 Å². The van der Waals surface area contributed by atoms with Crippen molar-refractivity contribution in [3.05, 3.63) is 0 Å². The van der Waals surface area contributed by atoms with Crippen LogP contribution in [-0.2, 0) is 32.8 Å². The topological polar surface area (TPSA) is 93.9 Å². The maximum Gasteiger partial charge on any atom is 0.764 e. The molecule has 1 unspecified atom stereocenters. The van der Waals surface area contributed by atoms with Crippen LogP contribution in [0, 0.1) is 0 Å². The third-order valence-electron chi connectivity index (χ3n) is 6.69. The van der Waals surface area contributed by atoms with Gasteiger partial charge in [-0.1, -0.05) is 103 Å². The molecule has 0 amide bonds. The van der Waals surface area contributed by atoms with E-state index < -0.39 is 9.05 Å². The molecular formula is C27H60N2O7Si. The normalized spacial score (nSPS) is 13.1. The van der Waals surface area contributed by atoms with Crippen LogP contribution in [0.1, 0.15) is 123 Å². The molecule has 0 aliphatic heterocycles. The lowest BCUT2D eigenvalue weighted by Crippen LogP contribution is -2.49. The van der Waals surface area contributed by atoms with Crippen LogP contribution in [0.15, 0.2) is 0 Å². The molecule has 0 radical (unpaired) electrons. The number of hydrogen-bond acceptors (Lipinski definition) is 9. The molecule has 2 N–H and O–H groups in total. The van der Waals surface area contributed by atoms with E-state index in [2.05, 4.69) is 33.4 Å². The molecular weight excluding hydrogens is 492 g/mol. The Morgan fingerprint density at radius 1 is 0.595 bits per heavy atom. The van der Waals surface area contributed by atoms with Crippen LogP contribution in [0.3, 0.4) is 0 Å². The van der Waals surface area contributed by atoms with Crippen LogP contribution in [0.2, 0.25) is 0 Å². The Kier molecular flexibility index (Phi) is 27.3. The smallest absolute Gasteiger partial charge is 0.347 e. The molecule has 0 bridgehead atoms. The highest BCUT2D eigenvalue weighted by Crippen LogP contribution is 2.15. The Labute approximate surface area is 229 Å². The van der Waals surface area contributed by atoms with Crippen molar-refractivity contribution in [2.75, 3.05) is 47.6 Å². The first-order valence-corrected chi connectivity index (χ1v) is 16.5. The van der Waals surface area contributed by atoms with Crippen molar-refractivity contribution in [3.63, 3.8) is 0 Å². The van der Waals surface area contributed by atoms with E-state index in [1.165, 1.54) is 124 Å². The predicted octanol–water partition coefficient (Wildman–Crippen LogP) is 6.47. The van der Waals surface area contributed by atoms with E-state index in [0.717, 1.165) is 19.5 Å². The van der Waals surface area contributed by atoms with Crippen molar-refractivity contribution in [1.29, 1.82) is 0 Å². The molecule has 0 heterocycles. The van der Waals surface area contributed by atoms with Gasteiger partial charge in [-0.25, -0.2) is 14.7 Å². The molecule has 0 aromatic rings. The van der Waals surface area contributed by atoms with E-state index in [-0.39, 0.29) is 0 Å². The van der Waals surface area contributed by atoms with Gasteiger partial charge in [0, 0.05) is 25.7 Å². The number of nitrogens with zero attached hydrogens (tertiary/aromatic N) is 1. The molecule has 0 rings (SSSR count). The van der Waals surface area contributed by atoms with Gasteiger partial charge in [-0.2, -0.15) is 13.7 Å². The minimum absolute atomic E-state index is 0.319. The molecule has 0 saturated heterocycles. The van der Waals surface area contributed by atoms with Crippen LogP contribution in [0.4, 0.5) is 0 Å². The van der Waals surface area contributed by atoms with Gasteiger partial charge >= 0.3 is 9.05 Å².